The minimum absolute atomic E-state index is 0.244. The third-order valence-corrected chi connectivity index (χ3v) is 2.47. The molecule has 0 atom stereocenters. The van der Waals surface area contributed by atoms with Crippen molar-refractivity contribution in [1.82, 2.24) is 4.57 Å². The Kier molecular flexibility index (Phi) is 2.60. The molecule has 0 fully saturated rings. The first kappa shape index (κ1) is 9.98. The highest BCUT2D eigenvalue weighted by atomic mass is 79.9. The maximum atomic E-state index is 11.0. The van der Waals surface area contributed by atoms with Crippen LogP contribution in [0, 0.1) is 0 Å². The summed E-state index contributed by atoms with van der Waals surface area (Å²) in [6.45, 7) is 0. The van der Waals surface area contributed by atoms with Crippen molar-refractivity contribution < 1.29 is 9.90 Å². The van der Waals surface area contributed by atoms with Gasteiger partial charge in [-0.25, -0.2) is 4.79 Å². The zero-order valence-corrected chi connectivity index (χ0v) is 9.31. The van der Waals surface area contributed by atoms with Gasteiger partial charge in [-0.1, -0.05) is 18.2 Å². The lowest BCUT2D eigenvalue weighted by Crippen LogP contribution is -2.05. The molecule has 1 heterocycles. The molecule has 0 aliphatic heterocycles. The number of aromatic carboxylic acids is 1. The first-order chi connectivity index (χ1) is 7.18. The van der Waals surface area contributed by atoms with Gasteiger partial charge in [0.2, 0.25) is 0 Å². The Morgan fingerprint density at radius 1 is 1.27 bits per heavy atom. The van der Waals surface area contributed by atoms with Crippen molar-refractivity contribution >= 4 is 21.9 Å². The minimum Gasteiger partial charge on any atom is -0.477 e. The lowest BCUT2D eigenvalue weighted by atomic mass is 10.3. The van der Waals surface area contributed by atoms with Gasteiger partial charge < -0.3 is 9.67 Å². The fourth-order valence-corrected chi connectivity index (χ4v) is 1.82. The van der Waals surface area contributed by atoms with Gasteiger partial charge in [-0.2, -0.15) is 0 Å². The van der Waals surface area contributed by atoms with Gasteiger partial charge in [0.15, 0.2) is 0 Å². The third kappa shape index (κ3) is 1.94. The fourth-order valence-electron chi connectivity index (χ4n) is 1.40. The SMILES string of the molecule is O=C(O)c1cc(Br)cn1-c1ccccc1. The van der Waals surface area contributed by atoms with E-state index in [0.717, 1.165) is 10.2 Å². The van der Waals surface area contributed by atoms with Crippen LogP contribution in [0.5, 0.6) is 0 Å². The maximum Gasteiger partial charge on any atom is 0.352 e. The second-order valence-electron chi connectivity index (χ2n) is 3.05. The van der Waals surface area contributed by atoms with Crippen LogP contribution in [0.25, 0.3) is 5.69 Å². The summed E-state index contributed by atoms with van der Waals surface area (Å²) < 4.78 is 2.38. The standard InChI is InChI=1S/C11H8BrNO2/c12-8-6-10(11(14)15)13(7-8)9-4-2-1-3-5-9/h1-7H,(H,14,15). The topological polar surface area (TPSA) is 42.2 Å². The van der Waals surface area contributed by atoms with E-state index in [0.29, 0.717) is 0 Å². The molecule has 0 bridgehead atoms. The van der Waals surface area contributed by atoms with Crippen molar-refractivity contribution in [1.29, 1.82) is 0 Å². The molecule has 0 saturated carbocycles. The van der Waals surface area contributed by atoms with Crippen LogP contribution in [-0.4, -0.2) is 15.6 Å². The van der Waals surface area contributed by atoms with E-state index in [1.54, 1.807) is 16.8 Å². The Labute approximate surface area is 95.1 Å². The Morgan fingerprint density at radius 2 is 1.93 bits per heavy atom. The Morgan fingerprint density at radius 3 is 2.53 bits per heavy atom. The van der Waals surface area contributed by atoms with Crippen LogP contribution < -0.4 is 0 Å². The van der Waals surface area contributed by atoms with Gasteiger partial charge in [0, 0.05) is 16.4 Å². The molecule has 0 aliphatic rings. The number of carboxylic acids is 1. The summed E-state index contributed by atoms with van der Waals surface area (Å²) in [5.74, 6) is -0.940. The van der Waals surface area contributed by atoms with E-state index in [1.807, 2.05) is 30.3 Å². The van der Waals surface area contributed by atoms with Gasteiger partial charge in [0.1, 0.15) is 5.69 Å². The zero-order chi connectivity index (χ0) is 10.8. The summed E-state index contributed by atoms with van der Waals surface area (Å²) in [7, 11) is 0. The summed E-state index contributed by atoms with van der Waals surface area (Å²) in [5, 5.41) is 9.00. The van der Waals surface area contributed by atoms with Crippen LogP contribution in [0.3, 0.4) is 0 Å². The second kappa shape index (κ2) is 3.90. The molecule has 0 saturated heterocycles. The van der Waals surface area contributed by atoms with Gasteiger partial charge in [-0.3, -0.25) is 0 Å². The van der Waals surface area contributed by atoms with E-state index in [4.69, 9.17) is 5.11 Å². The van der Waals surface area contributed by atoms with Gasteiger partial charge in [-0.05, 0) is 34.1 Å². The molecular weight excluding hydrogens is 258 g/mol. The molecule has 0 unspecified atom stereocenters. The lowest BCUT2D eigenvalue weighted by molar-refractivity contribution is 0.0688. The first-order valence-electron chi connectivity index (χ1n) is 4.35. The van der Waals surface area contributed by atoms with Crippen molar-refractivity contribution in [2.24, 2.45) is 0 Å². The first-order valence-corrected chi connectivity index (χ1v) is 5.14. The average molecular weight is 266 g/mol. The minimum atomic E-state index is -0.940. The number of carbonyl (C=O) groups is 1. The highest BCUT2D eigenvalue weighted by Crippen LogP contribution is 2.19. The number of rotatable bonds is 2. The Bertz CT molecular complexity index is 491. The highest BCUT2D eigenvalue weighted by molar-refractivity contribution is 9.10. The molecule has 0 amide bonds. The molecule has 0 spiro atoms. The number of nitrogens with zero attached hydrogens (tertiary/aromatic N) is 1. The normalized spacial score (nSPS) is 10.2. The van der Waals surface area contributed by atoms with Gasteiger partial charge in [0.25, 0.3) is 0 Å². The van der Waals surface area contributed by atoms with Crippen molar-refractivity contribution in [3.63, 3.8) is 0 Å². The molecular formula is C11H8BrNO2. The van der Waals surface area contributed by atoms with Crippen molar-refractivity contribution in [3.05, 3.63) is 52.8 Å². The molecule has 1 N–H and O–H groups in total. The third-order valence-electron chi connectivity index (χ3n) is 2.04. The Hall–Kier alpha value is -1.55. The van der Waals surface area contributed by atoms with E-state index >= 15 is 0 Å². The molecule has 1 aromatic heterocycles. The smallest absolute Gasteiger partial charge is 0.352 e. The van der Waals surface area contributed by atoms with Crippen molar-refractivity contribution in [3.8, 4) is 5.69 Å². The summed E-state index contributed by atoms with van der Waals surface area (Å²) in [4.78, 5) is 11.0. The summed E-state index contributed by atoms with van der Waals surface area (Å²) in [6, 6.07) is 10.9. The average Bonchev–Trinajstić information content (AvgIpc) is 2.62. The molecule has 1 aromatic carbocycles. The highest BCUT2D eigenvalue weighted by Gasteiger charge is 2.12. The van der Waals surface area contributed by atoms with E-state index in [2.05, 4.69) is 15.9 Å². The molecule has 15 heavy (non-hydrogen) atoms. The predicted octanol–water partition coefficient (Wildman–Crippen LogP) is 2.94. The fraction of sp³-hybridized carbons (Fsp3) is 0. The molecule has 76 valence electrons. The van der Waals surface area contributed by atoms with Crippen molar-refractivity contribution in [2.75, 3.05) is 0 Å². The largest absolute Gasteiger partial charge is 0.477 e. The number of para-hydroxylation sites is 1. The molecule has 3 nitrogen and oxygen atoms in total. The molecule has 2 rings (SSSR count). The summed E-state index contributed by atoms with van der Waals surface area (Å²) >= 11 is 3.26. The summed E-state index contributed by atoms with van der Waals surface area (Å²) in [6.07, 6.45) is 1.73. The van der Waals surface area contributed by atoms with Crippen molar-refractivity contribution in [2.45, 2.75) is 0 Å². The lowest BCUT2D eigenvalue weighted by Gasteiger charge is -2.04. The van der Waals surface area contributed by atoms with Gasteiger partial charge in [-0.15, -0.1) is 0 Å². The monoisotopic (exact) mass is 265 g/mol. The maximum absolute atomic E-state index is 11.0. The number of hydrogen-bond donors (Lipinski definition) is 1. The number of aromatic nitrogens is 1. The number of halogens is 1. The van der Waals surface area contributed by atoms with Crippen LogP contribution in [-0.2, 0) is 0 Å². The van der Waals surface area contributed by atoms with Crippen LogP contribution in [0.2, 0.25) is 0 Å². The molecule has 0 radical (unpaired) electrons. The molecule has 4 heteroatoms. The van der Waals surface area contributed by atoms with E-state index < -0.39 is 5.97 Å². The van der Waals surface area contributed by atoms with Crippen LogP contribution in [0.15, 0.2) is 47.1 Å². The Balaban J connectivity index is 2.58. The van der Waals surface area contributed by atoms with Crippen LogP contribution in [0.4, 0.5) is 0 Å². The number of carboxylic acid groups (broad SMARTS) is 1. The number of hydrogen-bond acceptors (Lipinski definition) is 1. The summed E-state index contributed by atoms with van der Waals surface area (Å²) in [5.41, 5.74) is 1.08. The quantitative estimate of drug-likeness (QED) is 0.908. The zero-order valence-electron chi connectivity index (χ0n) is 7.72. The van der Waals surface area contributed by atoms with E-state index in [9.17, 15) is 4.79 Å². The number of benzene rings is 1. The predicted molar refractivity (Wildman–Crippen MR) is 60.4 cm³/mol. The van der Waals surface area contributed by atoms with E-state index in [1.165, 1.54) is 0 Å². The van der Waals surface area contributed by atoms with Crippen LogP contribution >= 0.6 is 15.9 Å². The van der Waals surface area contributed by atoms with E-state index in [-0.39, 0.29) is 5.69 Å². The molecule has 2 aromatic rings. The van der Waals surface area contributed by atoms with Gasteiger partial charge in [0.05, 0.1) is 0 Å². The second-order valence-corrected chi connectivity index (χ2v) is 3.97. The van der Waals surface area contributed by atoms with Crippen LogP contribution in [0.1, 0.15) is 10.5 Å². The molecule has 0 aliphatic carbocycles. The van der Waals surface area contributed by atoms with Gasteiger partial charge >= 0.3 is 5.97 Å².